The fourth-order valence-electron chi connectivity index (χ4n) is 3.68. The molecule has 1 unspecified atom stereocenters. The predicted octanol–water partition coefficient (Wildman–Crippen LogP) is 3.06. The lowest BCUT2D eigenvalue weighted by atomic mass is 10.0. The summed E-state index contributed by atoms with van der Waals surface area (Å²) in [6, 6.07) is 11.8. The molecule has 2 atom stereocenters. The molecule has 1 amide bonds. The number of fused-ring (bicyclic) bond motifs is 1. The molecule has 1 aliphatic heterocycles. The summed E-state index contributed by atoms with van der Waals surface area (Å²) in [5, 5.41) is 4.16. The van der Waals surface area contributed by atoms with Crippen molar-refractivity contribution in [3.63, 3.8) is 0 Å². The van der Waals surface area contributed by atoms with Crippen molar-refractivity contribution in [1.82, 2.24) is 15.3 Å². The summed E-state index contributed by atoms with van der Waals surface area (Å²) in [6.07, 6.45) is 1.01. The summed E-state index contributed by atoms with van der Waals surface area (Å²) in [7, 11) is 0. The van der Waals surface area contributed by atoms with E-state index in [0.717, 1.165) is 23.9 Å². The molecular weight excluding hydrogens is 357 g/mol. The minimum Gasteiger partial charge on any atom is -0.366 e. The van der Waals surface area contributed by atoms with Crippen LogP contribution in [0.15, 0.2) is 42.5 Å². The number of aryl methyl sites for hydroxylation is 1. The lowest BCUT2D eigenvalue weighted by molar-refractivity contribution is 0.100. The number of carbonyl (C=O) groups excluding carboxylic acids is 1. The first kappa shape index (κ1) is 18.3. The van der Waals surface area contributed by atoms with E-state index in [1.807, 2.05) is 19.1 Å². The minimum atomic E-state index is -0.527. The highest BCUT2D eigenvalue weighted by atomic mass is 19.1. The van der Waals surface area contributed by atoms with Gasteiger partial charge in [0.25, 0.3) is 5.91 Å². The normalized spacial score (nSPS) is 17.2. The van der Waals surface area contributed by atoms with Crippen LogP contribution in [-0.2, 0) is 0 Å². The first-order valence-electron chi connectivity index (χ1n) is 9.30. The average Bonchev–Trinajstić information content (AvgIpc) is 2.62. The molecule has 2 heterocycles. The van der Waals surface area contributed by atoms with E-state index in [1.54, 1.807) is 31.2 Å². The van der Waals surface area contributed by atoms with Crippen molar-refractivity contribution in [3.05, 3.63) is 65.2 Å². The molecule has 3 N–H and O–H groups in total. The highest BCUT2D eigenvalue weighted by Gasteiger charge is 2.32. The first-order chi connectivity index (χ1) is 13.5. The van der Waals surface area contributed by atoms with Crippen molar-refractivity contribution in [3.8, 4) is 0 Å². The number of nitrogens with one attached hydrogen (secondary N) is 1. The molecule has 0 saturated carbocycles. The molecule has 28 heavy (non-hydrogen) atoms. The first-order valence-corrected chi connectivity index (χ1v) is 9.30. The Hall–Kier alpha value is -3.06. The quantitative estimate of drug-likeness (QED) is 0.712. The van der Waals surface area contributed by atoms with Crippen LogP contribution in [0.2, 0.25) is 0 Å². The number of hydrogen-bond acceptors (Lipinski definition) is 5. The number of rotatable bonds is 5. The van der Waals surface area contributed by atoms with Gasteiger partial charge >= 0.3 is 0 Å². The summed E-state index contributed by atoms with van der Waals surface area (Å²) >= 11 is 0. The number of aromatic nitrogens is 2. The van der Waals surface area contributed by atoms with Crippen LogP contribution >= 0.6 is 0 Å². The van der Waals surface area contributed by atoms with Crippen molar-refractivity contribution < 1.29 is 9.18 Å². The van der Waals surface area contributed by atoms with Crippen LogP contribution in [0.4, 0.5) is 10.2 Å². The Morgan fingerprint density at radius 1 is 1.29 bits per heavy atom. The number of amides is 1. The minimum absolute atomic E-state index is 0.0630. The van der Waals surface area contributed by atoms with E-state index in [9.17, 15) is 9.18 Å². The third-order valence-electron chi connectivity index (χ3n) is 5.21. The molecule has 6 nitrogen and oxygen atoms in total. The third-order valence-corrected chi connectivity index (χ3v) is 5.21. The van der Waals surface area contributed by atoms with Crippen LogP contribution in [0.1, 0.15) is 41.1 Å². The van der Waals surface area contributed by atoms with Gasteiger partial charge in [-0.2, -0.15) is 0 Å². The van der Waals surface area contributed by atoms with E-state index in [4.69, 9.17) is 10.7 Å². The number of para-hydroxylation sites is 1. The molecule has 4 rings (SSSR count). The van der Waals surface area contributed by atoms with Gasteiger partial charge in [0.1, 0.15) is 17.5 Å². The summed E-state index contributed by atoms with van der Waals surface area (Å²) in [5.74, 6) is 0.457. The Balaban J connectivity index is 1.91. The standard InChI is InChI=1S/C21H22FN5O/c1-12(14-5-3-6-15(22)11-14)27(18-9-10-24-18)21-17-8-4-7-16(20(23)28)19(17)25-13(2)26-21/h3-8,11-12,18,24H,9-10H2,1-2H3,(H2,23,28)/t12-,18?/m0/s1. The maximum absolute atomic E-state index is 13.8. The zero-order valence-corrected chi connectivity index (χ0v) is 15.8. The number of carbonyl (C=O) groups is 1. The van der Waals surface area contributed by atoms with Gasteiger partial charge in [0, 0.05) is 11.9 Å². The Labute approximate surface area is 162 Å². The van der Waals surface area contributed by atoms with E-state index < -0.39 is 5.91 Å². The lowest BCUT2D eigenvalue weighted by Gasteiger charge is -2.43. The van der Waals surface area contributed by atoms with Crippen LogP contribution < -0.4 is 16.0 Å². The summed E-state index contributed by atoms with van der Waals surface area (Å²) in [6.45, 7) is 4.72. The molecule has 2 aromatic carbocycles. The highest BCUT2D eigenvalue weighted by molar-refractivity contribution is 6.07. The van der Waals surface area contributed by atoms with Crippen molar-refractivity contribution in [2.45, 2.75) is 32.5 Å². The van der Waals surface area contributed by atoms with Crippen LogP contribution in [0, 0.1) is 12.7 Å². The number of halogens is 1. The molecule has 1 aliphatic rings. The largest absolute Gasteiger partial charge is 0.366 e. The molecule has 0 bridgehead atoms. The Morgan fingerprint density at radius 3 is 2.68 bits per heavy atom. The van der Waals surface area contributed by atoms with Crippen LogP contribution in [0.25, 0.3) is 10.9 Å². The Kier molecular flexibility index (Phi) is 4.68. The SMILES string of the molecule is Cc1nc(N(C2CCN2)[C@@H](C)c2cccc(F)c2)c2cccc(C(N)=O)c2n1. The second-order valence-corrected chi connectivity index (χ2v) is 7.06. The van der Waals surface area contributed by atoms with Crippen molar-refractivity contribution in [2.75, 3.05) is 11.4 Å². The third kappa shape index (κ3) is 3.18. The predicted molar refractivity (Wildman–Crippen MR) is 106 cm³/mol. The number of anilines is 1. The van der Waals surface area contributed by atoms with Gasteiger partial charge in [0.15, 0.2) is 0 Å². The average molecular weight is 379 g/mol. The van der Waals surface area contributed by atoms with E-state index in [1.165, 1.54) is 6.07 Å². The second-order valence-electron chi connectivity index (χ2n) is 7.06. The van der Waals surface area contributed by atoms with Gasteiger partial charge in [-0.05, 0) is 50.1 Å². The Morgan fingerprint density at radius 2 is 2.04 bits per heavy atom. The van der Waals surface area contributed by atoms with Crippen LogP contribution in [0.3, 0.4) is 0 Å². The molecule has 1 saturated heterocycles. The molecule has 0 aliphatic carbocycles. The zero-order chi connectivity index (χ0) is 19.8. The van der Waals surface area contributed by atoms with Gasteiger partial charge in [-0.15, -0.1) is 0 Å². The van der Waals surface area contributed by atoms with E-state index in [0.29, 0.717) is 22.7 Å². The van der Waals surface area contributed by atoms with Gasteiger partial charge in [-0.25, -0.2) is 14.4 Å². The topological polar surface area (TPSA) is 84.1 Å². The van der Waals surface area contributed by atoms with Crippen molar-refractivity contribution in [1.29, 1.82) is 0 Å². The number of hydrogen-bond donors (Lipinski definition) is 2. The van der Waals surface area contributed by atoms with E-state index in [-0.39, 0.29) is 18.0 Å². The number of nitrogens with zero attached hydrogens (tertiary/aromatic N) is 3. The van der Waals surface area contributed by atoms with E-state index >= 15 is 0 Å². The van der Waals surface area contributed by atoms with Crippen molar-refractivity contribution in [2.24, 2.45) is 5.73 Å². The molecular formula is C21H22FN5O. The summed E-state index contributed by atoms with van der Waals surface area (Å²) in [4.78, 5) is 23.2. The monoisotopic (exact) mass is 379 g/mol. The molecule has 144 valence electrons. The molecule has 1 aromatic heterocycles. The van der Waals surface area contributed by atoms with Gasteiger partial charge < -0.3 is 10.6 Å². The van der Waals surface area contributed by atoms with Crippen molar-refractivity contribution >= 4 is 22.6 Å². The summed E-state index contributed by atoms with van der Waals surface area (Å²) < 4.78 is 13.8. The molecule has 3 aromatic rings. The molecule has 0 spiro atoms. The van der Waals surface area contributed by atoms with Gasteiger partial charge in [-0.1, -0.05) is 18.2 Å². The van der Waals surface area contributed by atoms with Crippen LogP contribution in [-0.4, -0.2) is 28.6 Å². The maximum Gasteiger partial charge on any atom is 0.250 e. The number of nitrogens with two attached hydrogens (primary N) is 1. The summed E-state index contributed by atoms with van der Waals surface area (Å²) in [5.41, 5.74) is 7.31. The number of primary amides is 1. The van der Waals surface area contributed by atoms with Gasteiger partial charge in [0.05, 0.1) is 23.3 Å². The fraction of sp³-hybridized carbons (Fsp3) is 0.286. The van der Waals surface area contributed by atoms with Gasteiger partial charge in [-0.3, -0.25) is 10.1 Å². The van der Waals surface area contributed by atoms with E-state index in [2.05, 4.69) is 15.2 Å². The van der Waals surface area contributed by atoms with Crippen LogP contribution in [0.5, 0.6) is 0 Å². The molecule has 7 heteroatoms. The molecule has 1 fully saturated rings. The lowest BCUT2D eigenvalue weighted by Crippen LogP contribution is -2.56. The highest BCUT2D eigenvalue weighted by Crippen LogP contribution is 2.35. The Bertz CT molecular complexity index is 1050. The smallest absolute Gasteiger partial charge is 0.250 e. The fourth-order valence-corrected chi connectivity index (χ4v) is 3.68. The maximum atomic E-state index is 13.8. The molecule has 0 radical (unpaired) electrons. The number of benzene rings is 2. The zero-order valence-electron chi connectivity index (χ0n) is 15.8. The second kappa shape index (κ2) is 7.16. The van der Waals surface area contributed by atoms with Gasteiger partial charge in [0.2, 0.25) is 0 Å².